The van der Waals surface area contributed by atoms with Crippen LogP contribution < -0.4 is 11.1 Å². The normalized spacial score (nSPS) is 20.6. The van der Waals surface area contributed by atoms with Gasteiger partial charge in [0.25, 0.3) is 0 Å². The van der Waals surface area contributed by atoms with Crippen molar-refractivity contribution in [2.24, 2.45) is 5.73 Å². The highest BCUT2D eigenvalue weighted by atomic mass is 32.1. The number of thiocarbonyl (C=S) groups is 1. The minimum Gasteiger partial charge on any atom is -0.459 e. The summed E-state index contributed by atoms with van der Waals surface area (Å²) in [7, 11) is 0. The Morgan fingerprint density at radius 1 is 1.07 bits per heavy atom. The molecule has 156 valence electrons. The van der Waals surface area contributed by atoms with Gasteiger partial charge in [0.15, 0.2) is 0 Å². The van der Waals surface area contributed by atoms with Crippen LogP contribution in [0.15, 0.2) is 72.9 Å². The maximum atomic E-state index is 12.5. The molecule has 2 aromatic carbocycles. The maximum absolute atomic E-state index is 12.5. The Kier molecular flexibility index (Phi) is 7.53. The zero-order valence-corrected chi connectivity index (χ0v) is 16.9. The van der Waals surface area contributed by atoms with Crippen LogP contribution in [0.4, 0.5) is 0 Å². The highest BCUT2D eigenvalue weighted by Gasteiger charge is 2.38. The van der Waals surface area contributed by atoms with E-state index in [9.17, 15) is 9.59 Å². The van der Waals surface area contributed by atoms with E-state index >= 15 is 0 Å². The van der Waals surface area contributed by atoms with E-state index < -0.39 is 30.4 Å². The molecule has 0 radical (unpaired) electrons. The van der Waals surface area contributed by atoms with Gasteiger partial charge in [0, 0.05) is 12.6 Å². The van der Waals surface area contributed by atoms with Gasteiger partial charge < -0.3 is 25.3 Å². The van der Waals surface area contributed by atoms with E-state index in [0.717, 1.165) is 0 Å². The van der Waals surface area contributed by atoms with Gasteiger partial charge in [0.05, 0.1) is 16.1 Å². The molecule has 1 heterocycles. The molecule has 3 N–H and O–H groups in total. The number of carbonyl (C=O) groups is 2. The fourth-order valence-corrected chi connectivity index (χ4v) is 3.00. The zero-order valence-electron chi connectivity index (χ0n) is 16.1. The molecule has 3 atom stereocenters. The van der Waals surface area contributed by atoms with Crippen LogP contribution in [0.2, 0.25) is 0 Å². The van der Waals surface area contributed by atoms with Gasteiger partial charge in [-0.3, -0.25) is 0 Å². The van der Waals surface area contributed by atoms with Crippen LogP contribution in [0.1, 0.15) is 27.1 Å². The third-order valence-corrected chi connectivity index (χ3v) is 4.52. The van der Waals surface area contributed by atoms with Crippen LogP contribution in [0.25, 0.3) is 0 Å². The lowest BCUT2D eigenvalue weighted by molar-refractivity contribution is -0.0454. The molecule has 2 aromatic rings. The summed E-state index contributed by atoms with van der Waals surface area (Å²) < 4.78 is 16.9. The molecule has 0 amide bonds. The summed E-state index contributed by atoms with van der Waals surface area (Å²) in [6.45, 7) is -0.0579. The average Bonchev–Trinajstić information content (AvgIpc) is 3.14. The summed E-state index contributed by atoms with van der Waals surface area (Å²) in [6.07, 6.45) is 1.78. The van der Waals surface area contributed by atoms with Crippen LogP contribution >= 0.6 is 12.2 Å². The molecular weight excluding hydrogens is 404 g/mol. The molecule has 0 bridgehead atoms. The molecule has 0 aromatic heterocycles. The molecule has 7 nitrogen and oxygen atoms in total. The number of benzene rings is 2. The lowest BCUT2D eigenvalue weighted by Gasteiger charge is -2.19. The van der Waals surface area contributed by atoms with Crippen molar-refractivity contribution in [1.29, 1.82) is 0 Å². The summed E-state index contributed by atoms with van der Waals surface area (Å²) in [5.41, 5.74) is 6.30. The number of hydrogen-bond donors (Lipinski definition) is 2. The molecule has 1 fully saturated rings. The molecule has 1 aliphatic heterocycles. The van der Waals surface area contributed by atoms with E-state index in [-0.39, 0.29) is 11.6 Å². The Morgan fingerprint density at radius 2 is 1.67 bits per heavy atom. The van der Waals surface area contributed by atoms with E-state index in [4.69, 9.17) is 32.2 Å². The van der Waals surface area contributed by atoms with E-state index in [1.54, 1.807) is 54.7 Å². The van der Waals surface area contributed by atoms with Crippen LogP contribution in [0.3, 0.4) is 0 Å². The van der Waals surface area contributed by atoms with Gasteiger partial charge in [-0.15, -0.1) is 0 Å². The number of nitrogens with one attached hydrogen (secondary N) is 1. The van der Waals surface area contributed by atoms with Crippen LogP contribution in [-0.4, -0.2) is 42.0 Å². The molecule has 3 rings (SSSR count). The second-order valence-corrected chi connectivity index (χ2v) is 7.05. The first-order chi connectivity index (χ1) is 14.5. The molecule has 1 unspecified atom stereocenters. The quantitative estimate of drug-likeness (QED) is 0.377. The Morgan fingerprint density at radius 3 is 2.27 bits per heavy atom. The Hall–Kier alpha value is -3.23. The van der Waals surface area contributed by atoms with Crippen LogP contribution in [0, 0.1) is 0 Å². The Balaban J connectivity index is 1.64. The predicted molar refractivity (Wildman–Crippen MR) is 115 cm³/mol. The van der Waals surface area contributed by atoms with Crippen molar-refractivity contribution in [2.75, 3.05) is 6.61 Å². The lowest BCUT2D eigenvalue weighted by Crippen LogP contribution is -2.32. The third-order valence-electron chi connectivity index (χ3n) is 4.39. The summed E-state index contributed by atoms with van der Waals surface area (Å²) in [5, 5.41) is 3.00. The number of rotatable bonds is 8. The first-order valence-electron chi connectivity index (χ1n) is 9.38. The summed E-state index contributed by atoms with van der Waals surface area (Å²) in [5.74, 6) is -0.944. The number of esters is 2. The number of nitrogens with two attached hydrogens (primary N) is 1. The minimum atomic E-state index is -0.624. The summed E-state index contributed by atoms with van der Waals surface area (Å²) in [4.78, 5) is 24.9. The summed E-state index contributed by atoms with van der Waals surface area (Å²) >= 11 is 4.79. The average molecular weight is 426 g/mol. The highest BCUT2D eigenvalue weighted by molar-refractivity contribution is 7.80. The topological polar surface area (TPSA) is 99.9 Å². The monoisotopic (exact) mass is 426 g/mol. The van der Waals surface area contributed by atoms with Crippen molar-refractivity contribution >= 4 is 29.1 Å². The van der Waals surface area contributed by atoms with Crippen molar-refractivity contribution in [1.82, 2.24) is 5.32 Å². The van der Waals surface area contributed by atoms with E-state index in [2.05, 4.69) is 5.32 Å². The smallest absolute Gasteiger partial charge is 0.338 e. The van der Waals surface area contributed by atoms with Crippen molar-refractivity contribution in [3.63, 3.8) is 0 Å². The van der Waals surface area contributed by atoms with E-state index in [0.29, 0.717) is 17.5 Å². The van der Waals surface area contributed by atoms with Gasteiger partial charge in [-0.05, 0) is 30.3 Å². The van der Waals surface area contributed by atoms with Gasteiger partial charge in [0.1, 0.15) is 25.0 Å². The minimum absolute atomic E-state index is 0.0579. The Labute approximate surface area is 179 Å². The maximum Gasteiger partial charge on any atom is 0.338 e. The van der Waals surface area contributed by atoms with Crippen LogP contribution in [0.5, 0.6) is 0 Å². The number of carbonyl (C=O) groups excluding carboxylic acids is 2. The molecule has 0 saturated carbocycles. The fourth-order valence-electron chi connectivity index (χ4n) is 2.93. The predicted octanol–water partition coefficient (Wildman–Crippen LogP) is 2.57. The summed E-state index contributed by atoms with van der Waals surface area (Å²) in [6, 6.07) is 17.3. The lowest BCUT2D eigenvalue weighted by atomic mass is 10.1. The molecule has 0 spiro atoms. The van der Waals surface area contributed by atoms with E-state index in [1.165, 1.54) is 6.08 Å². The molecular formula is C22H22N2O5S. The second kappa shape index (κ2) is 10.5. The number of ether oxygens (including phenoxy) is 3. The first-order valence-corrected chi connectivity index (χ1v) is 9.79. The highest BCUT2D eigenvalue weighted by Crippen LogP contribution is 2.24. The van der Waals surface area contributed by atoms with Gasteiger partial charge in [-0.1, -0.05) is 48.6 Å². The van der Waals surface area contributed by atoms with Crippen molar-refractivity contribution in [2.45, 2.75) is 24.9 Å². The standard InChI is InChI=1S/C22H22N2O5S/c23-19(30)11-12-24-20-13-17(29-22(26)16-9-5-2-6-10-16)18(28-20)14-27-21(25)15-7-3-1-4-8-15/h1-12,17-18,20,24H,13-14H2,(H2,23,30)/b12-11-/t17?,18-,20-/m0/s1. The van der Waals surface area contributed by atoms with Gasteiger partial charge in [-0.25, -0.2) is 9.59 Å². The van der Waals surface area contributed by atoms with Gasteiger partial charge in [0.2, 0.25) is 0 Å². The second-order valence-electron chi connectivity index (χ2n) is 6.58. The van der Waals surface area contributed by atoms with Crippen molar-refractivity contribution < 1.29 is 23.8 Å². The zero-order chi connectivity index (χ0) is 21.3. The van der Waals surface area contributed by atoms with Gasteiger partial charge >= 0.3 is 11.9 Å². The van der Waals surface area contributed by atoms with Crippen molar-refractivity contribution in [3.05, 3.63) is 84.1 Å². The van der Waals surface area contributed by atoms with E-state index in [1.807, 2.05) is 12.1 Å². The largest absolute Gasteiger partial charge is 0.459 e. The van der Waals surface area contributed by atoms with Gasteiger partial charge in [-0.2, -0.15) is 0 Å². The Bertz CT molecular complexity index is 904. The van der Waals surface area contributed by atoms with Crippen molar-refractivity contribution in [3.8, 4) is 0 Å². The number of hydrogen-bond acceptors (Lipinski definition) is 7. The molecule has 30 heavy (non-hydrogen) atoms. The fraction of sp³-hybridized carbons (Fsp3) is 0.227. The molecule has 1 aliphatic rings. The molecule has 8 heteroatoms. The first kappa shape index (κ1) is 21.5. The molecule has 1 saturated heterocycles. The SMILES string of the molecule is NC(=S)/C=C\N[C@@H]1CC(OC(=O)c2ccccc2)[C@H](COC(=O)c2ccccc2)O1. The molecule has 0 aliphatic carbocycles. The van der Waals surface area contributed by atoms with Crippen LogP contribution in [-0.2, 0) is 14.2 Å². The third kappa shape index (κ3) is 6.13.